The molecule has 41 nitrogen and oxygen atoms in total. The molecule has 2 aliphatic rings. The summed E-state index contributed by atoms with van der Waals surface area (Å²) in [6, 6.07) is 26.2. The molecule has 13 aromatic heterocycles. The average Bonchev–Trinajstić information content (AvgIpc) is 1.66. The number of hydrogen-bond acceptors (Lipinski definition) is 35. The van der Waals surface area contributed by atoms with E-state index in [1.165, 1.54) is 83.8 Å². The van der Waals surface area contributed by atoms with Crippen LogP contribution in [0.2, 0.25) is 0 Å². The Morgan fingerprint density at radius 2 is 0.764 bits per heavy atom. The van der Waals surface area contributed by atoms with Crippen molar-refractivity contribution in [1.82, 2.24) is 94.6 Å². The second kappa shape index (κ2) is 48.0. The number of carbonyl (C=O) groups excluding carboxylic acids is 6. The van der Waals surface area contributed by atoms with E-state index in [0.717, 1.165) is 85.1 Å². The van der Waals surface area contributed by atoms with Gasteiger partial charge in [-0.15, -0.1) is 68.0 Å². The van der Waals surface area contributed by atoms with E-state index in [1.807, 2.05) is 85.2 Å². The van der Waals surface area contributed by atoms with Crippen LogP contribution in [-0.4, -0.2) is 243 Å². The van der Waals surface area contributed by atoms with E-state index in [-0.39, 0.29) is 118 Å². The molecule has 0 atom stereocenters. The number of pyridine rings is 1. The minimum Gasteiger partial charge on any atom is -0.496 e. The molecule has 6 amide bonds. The lowest BCUT2D eigenvalue weighted by Crippen LogP contribution is -2.36. The van der Waals surface area contributed by atoms with Gasteiger partial charge < -0.3 is 83.5 Å². The molecule has 0 radical (unpaired) electrons. The molecule has 15 heterocycles. The van der Waals surface area contributed by atoms with Crippen molar-refractivity contribution in [3.8, 4) is 5.75 Å². The number of benzene rings is 3. The molecule has 18 rings (SSSR count). The number of aryl methyl sites for hydroxylation is 1. The Hall–Kier alpha value is -14.9. The van der Waals surface area contributed by atoms with E-state index in [4.69, 9.17) is 53.7 Å². The van der Waals surface area contributed by atoms with Gasteiger partial charge in [0, 0.05) is 131 Å². The molecule has 0 aliphatic carbocycles. The number of thiophene rings is 6. The fourth-order valence-electron chi connectivity index (χ4n) is 15.1. The average molecular weight is 2020 g/mol. The van der Waals surface area contributed by atoms with Gasteiger partial charge >= 0.3 is 0 Å². The van der Waals surface area contributed by atoms with E-state index in [9.17, 15) is 57.5 Å². The number of hydrogen-bond donors (Lipinski definition) is 14. The molecule has 16 aromatic rings. The monoisotopic (exact) mass is 2020 g/mol. The highest BCUT2D eigenvalue weighted by molar-refractivity contribution is 7.19. The lowest BCUT2D eigenvalue weighted by Gasteiger charge is -2.21. The van der Waals surface area contributed by atoms with Crippen LogP contribution in [0, 0.1) is 6.92 Å². The Bertz CT molecular complexity index is 7530. The number of rotatable bonds is 25. The van der Waals surface area contributed by atoms with Crippen LogP contribution in [0.4, 0.5) is 35.7 Å². The zero-order valence-corrected chi connectivity index (χ0v) is 81.9. The third kappa shape index (κ3) is 25.2. The standard InChI is InChI=1S/C19H20N4O3S.C17H16N4O2S.C15H15N5O2S.C15H14N4O2S.C14H20N4O4S.C13H18N4O3S/c1-10-7-11-3-5-23(6-4-12(11)8-14(10)26-2)18(25)13-9-27-16-15(13)21-19(20)22-17(16)24;18-17-19-13-12(9-24-14(13)15(22)20-17)16(23)21-7-5-10-3-1-2-4-11(10)6-8-21;1-20(7-4-9-2-5-17-6-3-9)14(22)10-8-23-12-11(10)18-15(16)19-13(12)21;16-15-18-11-10(8-22-12(11)14(21)19-15)13(20)17-7-6-9-4-2-1-3-5-9;1-2-6-22-7-4-18(3-5-19)13(21)9-8-23-11-10(9)16-14(15)17-12(11)20;1-3-5-20-6-4-17(2)12(19)8-7-21-10-9(8)15-13(14)16-11(10)18/h7-9H,3-6H2,1-2H3,(H3,20,21,22,24);1-4,9H,5-8H2,(H3,18,19,20,22);2-3,5-6,8H,4,7H2,1H3,(H3,16,18,19,21);1-5,8H,6-7H2,(H,17,20)(H3,16,18,19,21);8,19H,2-7H2,1H3,(H3,15,16,17,20);7H,3-6H2,1-2H3,(H3,14,15,16,18). The fourth-order valence-corrected chi connectivity index (χ4v) is 20.3. The van der Waals surface area contributed by atoms with Crippen molar-refractivity contribution in [3.63, 3.8) is 0 Å². The van der Waals surface area contributed by atoms with E-state index in [1.54, 1.807) is 75.7 Å². The van der Waals surface area contributed by atoms with Crippen LogP contribution in [0.3, 0.4) is 0 Å². The van der Waals surface area contributed by atoms with Crippen molar-refractivity contribution < 1.29 is 48.1 Å². The van der Waals surface area contributed by atoms with Gasteiger partial charge in [0.2, 0.25) is 35.7 Å². The number of anilines is 6. The van der Waals surface area contributed by atoms with Gasteiger partial charge in [-0.2, -0.15) is 0 Å². The van der Waals surface area contributed by atoms with Gasteiger partial charge in [0.25, 0.3) is 68.8 Å². The van der Waals surface area contributed by atoms with Crippen molar-refractivity contribution in [3.05, 3.63) is 258 Å². The summed E-state index contributed by atoms with van der Waals surface area (Å²) in [5.74, 6) is -0.219. The Balaban J connectivity index is 0.000000142. The highest BCUT2D eigenvalue weighted by Crippen LogP contribution is 2.32. The SMILES string of the molecule is CCCOCCN(C)C(=O)c1csc2c(=O)[nH]c(N)nc12.CCCOCCN(CCO)C(=O)c1csc2c(=O)[nH]c(N)nc12.CN(CCc1ccncc1)C(=O)c1csc2c(=O)[nH]c(N)nc12.COc1cc2c(cc1C)CCN(C(=O)c1csc3c(=O)[nH]c(N)nc13)CC2.Nc1nc2c(C(=O)N3CCc4ccccc4CC3)csc2c(=O)[nH]1.Nc1nc2c(C(=O)NCCc3ccccc3)csc2c(=O)[nH]1. The topological polar surface area (TPSA) is 622 Å². The van der Waals surface area contributed by atoms with Crippen molar-refractivity contribution in [2.24, 2.45) is 0 Å². The van der Waals surface area contributed by atoms with Gasteiger partial charge in [0.05, 0.1) is 60.3 Å². The molecule has 0 bridgehead atoms. The van der Waals surface area contributed by atoms with Gasteiger partial charge in [0.15, 0.2) is 0 Å². The number of nitrogens with two attached hydrogens (primary N) is 6. The Kier molecular flexibility index (Phi) is 35.1. The summed E-state index contributed by atoms with van der Waals surface area (Å²) >= 11 is 7.15. The summed E-state index contributed by atoms with van der Waals surface area (Å²) in [6.07, 6.45) is 9.97. The number of methoxy groups -OCH3 is 1. The Morgan fingerprint density at radius 3 is 1.16 bits per heavy atom. The van der Waals surface area contributed by atoms with E-state index in [2.05, 4.69) is 94.4 Å². The van der Waals surface area contributed by atoms with Crippen molar-refractivity contribution >= 4 is 200 Å². The van der Waals surface area contributed by atoms with Crippen LogP contribution < -0.4 is 77.8 Å². The minimum absolute atomic E-state index is 0.00822. The quantitative estimate of drug-likeness (QED) is 0.0239. The van der Waals surface area contributed by atoms with Gasteiger partial charge in [0.1, 0.15) is 67.0 Å². The number of nitrogen functional groups attached to an aromatic ring is 6. The first kappa shape index (κ1) is 103. The number of aliphatic hydroxyl groups is 1. The predicted octanol–water partition coefficient (Wildman–Crippen LogP) is 8.24. The number of likely N-dealkylation sites (N-methyl/N-ethyl adjacent to an activating group) is 2. The number of ether oxygens (including phenoxy) is 3. The van der Waals surface area contributed by atoms with Gasteiger partial charge in [-0.3, -0.25) is 92.4 Å². The smallest absolute Gasteiger partial charge is 0.270 e. The van der Waals surface area contributed by atoms with Gasteiger partial charge in [-0.25, -0.2) is 29.9 Å². The maximum Gasteiger partial charge on any atom is 0.270 e. The Morgan fingerprint density at radius 1 is 0.421 bits per heavy atom. The largest absolute Gasteiger partial charge is 0.496 e. The molecule has 0 fully saturated rings. The first-order valence-electron chi connectivity index (χ1n) is 44.2. The number of fused-ring (bicyclic) bond motifs is 8. The van der Waals surface area contributed by atoms with Crippen molar-refractivity contribution in [1.29, 1.82) is 0 Å². The van der Waals surface area contributed by atoms with Crippen LogP contribution in [-0.2, 0) is 48.0 Å². The van der Waals surface area contributed by atoms with E-state index >= 15 is 0 Å². The van der Waals surface area contributed by atoms with E-state index < -0.39 is 0 Å². The molecular weight excluding hydrogens is 1920 g/mol. The molecule has 0 saturated carbocycles. The third-order valence-corrected chi connectivity index (χ3v) is 28.0. The molecule has 20 N–H and O–H groups in total. The number of aromatic amines is 6. The van der Waals surface area contributed by atoms with Crippen LogP contribution >= 0.6 is 68.0 Å². The predicted molar refractivity (Wildman–Crippen MR) is 548 cm³/mol. The molecule has 0 unspecified atom stereocenters. The number of nitrogens with one attached hydrogen (secondary N) is 7. The lowest BCUT2D eigenvalue weighted by molar-refractivity contribution is 0.0604. The molecule has 140 heavy (non-hydrogen) atoms. The first-order chi connectivity index (χ1) is 67.4. The summed E-state index contributed by atoms with van der Waals surface area (Å²) < 4.78 is 18.6. The normalized spacial score (nSPS) is 12.1. The maximum absolute atomic E-state index is 13.1. The molecule has 732 valence electrons. The van der Waals surface area contributed by atoms with Crippen molar-refractivity contribution in [2.45, 2.75) is 72.1 Å². The third-order valence-electron chi connectivity index (χ3n) is 22.2. The second-order valence-electron chi connectivity index (χ2n) is 31.9. The molecule has 47 heteroatoms. The lowest BCUT2D eigenvalue weighted by atomic mass is 10.00. The fraction of sp³-hybridized carbons (Fsp3) is 0.301. The first-order valence-corrected chi connectivity index (χ1v) is 49.4. The number of aliphatic hydroxyl groups excluding tert-OH is 1. The number of amides is 6. The highest BCUT2D eigenvalue weighted by atomic mass is 32.1. The zero-order valence-electron chi connectivity index (χ0n) is 77.0. The summed E-state index contributed by atoms with van der Waals surface area (Å²) in [4.78, 5) is 198. The van der Waals surface area contributed by atoms with Crippen LogP contribution in [0.25, 0.3) is 61.3 Å². The summed E-state index contributed by atoms with van der Waals surface area (Å²) in [5.41, 5.74) is 44.4. The van der Waals surface area contributed by atoms with Crippen LogP contribution in [0.5, 0.6) is 5.75 Å². The molecule has 2 aliphatic heterocycles. The number of aromatic nitrogens is 13. The molecule has 0 spiro atoms. The van der Waals surface area contributed by atoms with Gasteiger partial charge in [-0.1, -0.05) is 74.5 Å². The maximum atomic E-state index is 13.1. The van der Waals surface area contributed by atoms with E-state index in [0.29, 0.717) is 173 Å². The van der Waals surface area contributed by atoms with Crippen LogP contribution in [0.15, 0.2) is 152 Å². The molecule has 3 aromatic carbocycles. The molecular formula is C93H103N25O16S6. The minimum atomic E-state index is -0.364. The second-order valence-corrected chi connectivity index (χ2v) is 37.2. The Labute approximate surface area is 821 Å². The number of nitrogens with zero attached hydrogens (tertiary/aromatic N) is 12. The zero-order chi connectivity index (χ0) is 100.0. The molecule has 0 saturated heterocycles. The van der Waals surface area contributed by atoms with Crippen LogP contribution in [0.1, 0.15) is 128 Å². The number of H-pyrrole nitrogens is 6. The van der Waals surface area contributed by atoms with Crippen molar-refractivity contribution in [2.75, 3.05) is 148 Å². The summed E-state index contributed by atoms with van der Waals surface area (Å²) in [5, 5.41) is 21.9. The summed E-state index contributed by atoms with van der Waals surface area (Å²) in [7, 11) is 5.09. The number of carbonyl (C=O) groups is 6. The van der Waals surface area contributed by atoms with Gasteiger partial charge in [-0.05, 0) is 115 Å². The highest BCUT2D eigenvalue weighted by Gasteiger charge is 2.30. The summed E-state index contributed by atoms with van der Waals surface area (Å²) in [6.45, 7) is 12.7.